The number of ether oxygens (including phenoxy) is 2. The summed E-state index contributed by atoms with van der Waals surface area (Å²) in [4.78, 5) is 21.8. The van der Waals surface area contributed by atoms with Crippen LogP contribution in [0.3, 0.4) is 0 Å². The molecule has 0 fully saturated rings. The fourth-order valence-corrected chi connectivity index (χ4v) is 3.41. The third-order valence-corrected chi connectivity index (χ3v) is 5.38. The van der Waals surface area contributed by atoms with Gasteiger partial charge in [-0.3, -0.25) is 4.79 Å². The zero-order valence-electron chi connectivity index (χ0n) is 17.5. The molecule has 31 heavy (non-hydrogen) atoms. The van der Waals surface area contributed by atoms with E-state index in [0.717, 1.165) is 48.7 Å². The molecule has 0 heterocycles. The van der Waals surface area contributed by atoms with Crippen molar-refractivity contribution in [2.45, 2.75) is 51.0 Å². The molecule has 0 spiro atoms. The Bertz CT molecular complexity index is 821. The first-order valence-corrected chi connectivity index (χ1v) is 11.6. The number of rotatable bonds is 15. The summed E-state index contributed by atoms with van der Waals surface area (Å²) >= 11 is 3.41. The molecule has 2 rings (SSSR count). The van der Waals surface area contributed by atoms with E-state index in [2.05, 4.69) is 15.9 Å². The van der Waals surface area contributed by atoms with Crippen molar-refractivity contribution in [3.05, 3.63) is 59.7 Å². The van der Waals surface area contributed by atoms with Crippen molar-refractivity contribution in [3.63, 3.8) is 0 Å². The lowest BCUT2D eigenvalue weighted by atomic mass is 10.0. The number of alkyl halides is 1. The fourth-order valence-electron chi connectivity index (χ4n) is 3.18. The predicted octanol–water partition coefficient (Wildman–Crippen LogP) is 5.57. The first-order chi connectivity index (χ1) is 15.0. The van der Waals surface area contributed by atoms with Crippen LogP contribution in [0.5, 0.6) is 11.5 Å². The standard InChI is InChI=1S/C24H29BrO6/c25-16-5-17-30-22-8-3-1-6-18(22)10-13-20(7-2-4-9-23(26)27)31-21-14-11-19(12-15-21)24(28)29/h1,3,6,8,11-12,14-15,20H,2,4-5,7,9-10,13,16-17H2,(H,26,27)(H,28,29). The van der Waals surface area contributed by atoms with Crippen LogP contribution in [-0.2, 0) is 11.2 Å². The number of para-hydroxylation sites is 1. The zero-order valence-corrected chi connectivity index (χ0v) is 19.1. The van der Waals surface area contributed by atoms with Gasteiger partial charge < -0.3 is 19.7 Å². The molecule has 1 atom stereocenters. The number of halogens is 1. The van der Waals surface area contributed by atoms with Gasteiger partial charge in [0.1, 0.15) is 11.5 Å². The molecule has 0 amide bonds. The molecule has 2 aromatic rings. The van der Waals surface area contributed by atoms with Gasteiger partial charge in [0.25, 0.3) is 0 Å². The van der Waals surface area contributed by atoms with Crippen LogP contribution in [0.25, 0.3) is 0 Å². The zero-order chi connectivity index (χ0) is 22.5. The molecule has 0 aromatic heterocycles. The van der Waals surface area contributed by atoms with Crippen LogP contribution < -0.4 is 9.47 Å². The summed E-state index contributed by atoms with van der Waals surface area (Å²) in [5, 5.41) is 18.8. The lowest BCUT2D eigenvalue weighted by Crippen LogP contribution is -2.18. The fraction of sp³-hybridized carbons (Fsp3) is 0.417. The van der Waals surface area contributed by atoms with E-state index in [-0.39, 0.29) is 18.1 Å². The van der Waals surface area contributed by atoms with Gasteiger partial charge in [-0.2, -0.15) is 0 Å². The van der Waals surface area contributed by atoms with Crippen LogP contribution in [-0.4, -0.2) is 40.2 Å². The molecule has 1 unspecified atom stereocenters. The van der Waals surface area contributed by atoms with Crippen molar-refractivity contribution in [1.29, 1.82) is 0 Å². The van der Waals surface area contributed by atoms with Gasteiger partial charge in [0, 0.05) is 11.8 Å². The van der Waals surface area contributed by atoms with Crippen LogP contribution in [0, 0.1) is 0 Å². The SMILES string of the molecule is O=C(O)CCCCC(CCc1ccccc1OCCCBr)Oc1ccc(C(=O)O)cc1. The van der Waals surface area contributed by atoms with Crippen molar-refractivity contribution < 1.29 is 29.3 Å². The smallest absolute Gasteiger partial charge is 0.335 e. The first-order valence-electron chi connectivity index (χ1n) is 10.5. The quantitative estimate of drug-likeness (QED) is 0.249. The van der Waals surface area contributed by atoms with Gasteiger partial charge in [0.15, 0.2) is 0 Å². The van der Waals surface area contributed by atoms with E-state index < -0.39 is 11.9 Å². The van der Waals surface area contributed by atoms with Crippen LogP contribution >= 0.6 is 15.9 Å². The number of carbonyl (C=O) groups is 2. The van der Waals surface area contributed by atoms with Gasteiger partial charge in [0.2, 0.25) is 0 Å². The minimum atomic E-state index is -0.978. The van der Waals surface area contributed by atoms with Crippen LogP contribution in [0.2, 0.25) is 0 Å². The maximum atomic E-state index is 11.0. The average Bonchev–Trinajstić information content (AvgIpc) is 2.76. The summed E-state index contributed by atoms with van der Waals surface area (Å²) in [6.07, 6.45) is 4.53. The Morgan fingerprint density at radius 2 is 1.68 bits per heavy atom. The van der Waals surface area contributed by atoms with Crippen molar-refractivity contribution in [2.24, 2.45) is 0 Å². The highest BCUT2D eigenvalue weighted by Gasteiger charge is 2.14. The van der Waals surface area contributed by atoms with E-state index in [4.69, 9.17) is 19.7 Å². The highest BCUT2D eigenvalue weighted by atomic mass is 79.9. The molecular formula is C24H29BrO6. The maximum Gasteiger partial charge on any atom is 0.335 e. The summed E-state index contributed by atoms with van der Waals surface area (Å²) in [7, 11) is 0. The second-order valence-corrected chi connectivity index (χ2v) is 8.04. The van der Waals surface area contributed by atoms with E-state index in [9.17, 15) is 9.59 Å². The summed E-state index contributed by atoms with van der Waals surface area (Å²) in [5.41, 5.74) is 1.32. The lowest BCUT2D eigenvalue weighted by molar-refractivity contribution is -0.137. The molecule has 0 saturated carbocycles. The van der Waals surface area contributed by atoms with Gasteiger partial charge >= 0.3 is 11.9 Å². The van der Waals surface area contributed by atoms with E-state index in [1.54, 1.807) is 12.1 Å². The number of aliphatic carboxylic acids is 1. The number of aromatic carboxylic acids is 1. The first kappa shape index (κ1) is 24.7. The Morgan fingerprint density at radius 1 is 0.935 bits per heavy atom. The second-order valence-electron chi connectivity index (χ2n) is 7.25. The number of benzene rings is 2. The normalized spacial score (nSPS) is 11.6. The van der Waals surface area contributed by atoms with Crippen molar-refractivity contribution in [3.8, 4) is 11.5 Å². The van der Waals surface area contributed by atoms with Crippen molar-refractivity contribution in [1.82, 2.24) is 0 Å². The number of aryl methyl sites for hydroxylation is 1. The summed E-state index contributed by atoms with van der Waals surface area (Å²) in [6.45, 7) is 0.646. The molecule has 2 aromatic carbocycles. The molecule has 168 valence electrons. The monoisotopic (exact) mass is 492 g/mol. The van der Waals surface area contributed by atoms with E-state index in [0.29, 0.717) is 18.8 Å². The van der Waals surface area contributed by atoms with E-state index in [1.165, 1.54) is 12.1 Å². The molecule has 7 heteroatoms. The summed E-state index contributed by atoms with van der Waals surface area (Å²) in [5.74, 6) is -0.293. The van der Waals surface area contributed by atoms with Crippen LogP contribution in [0.1, 0.15) is 54.4 Å². The second kappa shape index (κ2) is 13.7. The van der Waals surface area contributed by atoms with Crippen LogP contribution in [0.4, 0.5) is 0 Å². The molecule has 0 aliphatic rings. The molecule has 0 aliphatic heterocycles. The van der Waals surface area contributed by atoms with Crippen LogP contribution in [0.15, 0.2) is 48.5 Å². The van der Waals surface area contributed by atoms with Gasteiger partial charge in [0.05, 0.1) is 18.3 Å². The third kappa shape index (κ3) is 9.42. The number of carboxylic acid groups (broad SMARTS) is 2. The maximum absolute atomic E-state index is 11.0. The van der Waals surface area contributed by atoms with Crippen molar-refractivity contribution in [2.75, 3.05) is 11.9 Å². The molecular weight excluding hydrogens is 464 g/mol. The van der Waals surface area contributed by atoms with E-state index in [1.807, 2.05) is 24.3 Å². The molecule has 0 radical (unpaired) electrons. The highest BCUT2D eigenvalue weighted by Crippen LogP contribution is 2.24. The minimum absolute atomic E-state index is 0.111. The molecule has 0 bridgehead atoms. The third-order valence-electron chi connectivity index (χ3n) is 4.81. The molecule has 0 aliphatic carbocycles. The summed E-state index contributed by atoms with van der Waals surface area (Å²) < 4.78 is 12.0. The number of hydrogen-bond acceptors (Lipinski definition) is 4. The topological polar surface area (TPSA) is 93.1 Å². The van der Waals surface area contributed by atoms with Gasteiger partial charge in [-0.1, -0.05) is 34.1 Å². The average molecular weight is 493 g/mol. The lowest BCUT2D eigenvalue weighted by Gasteiger charge is -2.20. The highest BCUT2D eigenvalue weighted by molar-refractivity contribution is 9.09. The van der Waals surface area contributed by atoms with E-state index >= 15 is 0 Å². The number of hydrogen-bond donors (Lipinski definition) is 2. The Morgan fingerprint density at radius 3 is 2.35 bits per heavy atom. The Hall–Kier alpha value is -2.54. The van der Waals surface area contributed by atoms with Gasteiger partial charge in [-0.15, -0.1) is 0 Å². The number of carboxylic acids is 2. The minimum Gasteiger partial charge on any atom is -0.493 e. The summed E-state index contributed by atoms with van der Waals surface area (Å²) in [6, 6.07) is 14.3. The molecule has 2 N–H and O–H groups in total. The Kier molecular flexibility index (Phi) is 10.9. The predicted molar refractivity (Wildman–Crippen MR) is 123 cm³/mol. The molecule has 0 saturated heterocycles. The Balaban J connectivity index is 2.01. The largest absolute Gasteiger partial charge is 0.493 e. The van der Waals surface area contributed by atoms with Crippen molar-refractivity contribution >= 4 is 27.9 Å². The molecule has 6 nitrogen and oxygen atoms in total. The van der Waals surface area contributed by atoms with Gasteiger partial charge in [-0.05, 0) is 74.4 Å². The number of unbranched alkanes of at least 4 members (excludes halogenated alkanes) is 1. The Labute approximate surface area is 191 Å². The van der Waals surface area contributed by atoms with Gasteiger partial charge in [-0.25, -0.2) is 4.79 Å².